The summed E-state index contributed by atoms with van der Waals surface area (Å²) in [5.41, 5.74) is -0.167. The Kier molecular flexibility index (Phi) is 5.03. The first-order chi connectivity index (χ1) is 7.97. The smallest absolute Gasteiger partial charge is 0.221 e. The summed E-state index contributed by atoms with van der Waals surface area (Å²) in [7, 11) is 0. The number of nitrogens with zero attached hydrogens (tertiary/aromatic N) is 2. The quantitative estimate of drug-likeness (QED) is 0.744. The van der Waals surface area contributed by atoms with Crippen LogP contribution in [0.1, 0.15) is 33.0 Å². The van der Waals surface area contributed by atoms with E-state index in [0.717, 1.165) is 5.82 Å². The lowest BCUT2D eigenvalue weighted by molar-refractivity contribution is -0.122. The zero-order valence-corrected chi connectivity index (χ0v) is 10.7. The molecule has 0 saturated heterocycles. The predicted molar refractivity (Wildman–Crippen MR) is 66.3 cm³/mol. The normalized spacial score (nSPS) is 11.2. The number of carbonyl (C=O) groups is 1. The van der Waals surface area contributed by atoms with E-state index in [1.807, 2.05) is 20.8 Å². The lowest BCUT2D eigenvalue weighted by Gasteiger charge is -2.20. The van der Waals surface area contributed by atoms with Crippen LogP contribution in [0.25, 0.3) is 0 Å². The summed E-state index contributed by atoms with van der Waals surface area (Å²) >= 11 is 0. The summed E-state index contributed by atoms with van der Waals surface area (Å²) in [5.74, 6) is 0.794. The van der Waals surface area contributed by atoms with Gasteiger partial charge in [0.25, 0.3) is 0 Å². The molecule has 5 heteroatoms. The van der Waals surface area contributed by atoms with Crippen LogP contribution < -0.4 is 10.6 Å². The molecule has 0 unspecified atom stereocenters. The summed E-state index contributed by atoms with van der Waals surface area (Å²) in [6.45, 7) is 7.12. The molecule has 17 heavy (non-hydrogen) atoms. The van der Waals surface area contributed by atoms with E-state index in [-0.39, 0.29) is 11.4 Å². The highest BCUT2D eigenvalue weighted by atomic mass is 16.1. The van der Waals surface area contributed by atoms with Gasteiger partial charge in [-0.15, -0.1) is 0 Å². The second-order valence-corrected chi connectivity index (χ2v) is 4.89. The summed E-state index contributed by atoms with van der Waals surface area (Å²) in [5, 5.41) is 6.04. The minimum atomic E-state index is -0.167. The molecule has 0 aliphatic heterocycles. The number of rotatable bonds is 5. The summed E-state index contributed by atoms with van der Waals surface area (Å²) in [4.78, 5) is 19.6. The molecule has 0 radical (unpaired) electrons. The fraction of sp³-hybridized carbons (Fsp3) is 0.583. The molecule has 0 aromatic carbocycles. The minimum Gasteiger partial charge on any atom is -0.351 e. The first-order valence-corrected chi connectivity index (χ1v) is 5.75. The number of carbonyl (C=O) groups excluding carboxylic acids is 1. The van der Waals surface area contributed by atoms with Crippen LogP contribution in [0.2, 0.25) is 0 Å². The third-order valence-electron chi connectivity index (χ3n) is 1.95. The van der Waals surface area contributed by atoms with Crippen molar-refractivity contribution in [2.75, 3.05) is 6.54 Å². The van der Waals surface area contributed by atoms with Crippen LogP contribution >= 0.6 is 0 Å². The maximum atomic E-state index is 11.5. The highest BCUT2D eigenvalue weighted by molar-refractivity contribution is 5.76. The van der Waals surface area contributed by atoms with Gasteiger partial charge in [-0.3, -0.25) is 4.79 Å². The van der Waals surface area contributed by atoms with E-state index in [9.17, 15) is 4.79 Å². The highest BCUT2D eigenvalue weighted by Crippen LogP contribution is 1.98. The van der Waals surface area contributed by atoms with Crippen molar-refractivity contribution in [2.45, 2.75) is 39.3 Å². The molecule has 0 aliphatic rings. The van der Waals surface area contributed by atoms with E-state index in [1.165, 1.54) is 0 Å². The van der Waals surface area contributed by atoms with Gasteiger partial charge in [-0.05, 0) is 26.8 Å². The summed E-state index contributed by atoms with van der Waals surface area (Å²) < 4.78 is 0. The molecule has 1 aromatic heterocycles. The van der Waals surface area contributed by atoms with E-state index in [0.29, 0.717) is 19.5 Å². The molecule has 0 fully saturated rings. The number of hydrogen-bond acceptors (Lipinski definition) is 4. The van der Waals surface area contributed by atoms with Crippen LogP contribution in [0, 0.1) is 0 Å². The second-order valence-electron chi connectivity index (χ2n) is 4.89. The van der Waals surface area contributed by atoms with Gasteiger partial charge in [-0.1, -0.05) is 0 Å². The Morgan fingerprint density at radius 2 is 1.94 bits per heavy atom. The Hall–Kier alpha value is -1.49. The molecule has 1 amide bonds. The molecule has 1 heterocycles. The van der Waals surface area contributed by atoms with Crippen LogP contribution in [-0.2, 0) is 11.3 Å². The van der Waals surface area contributed by atoms with Gasteiger partial charge in [0.05, 0.1) is 6.54 Å². The average Bonchev–Trinajstić information content (AvgIpc) is 2.23. The standard InChI is InChI=1S/C12H20N4O/c1-12(2,3)16-11(17)5-8-13-9-10-14-6-4-7-15-10/h4,6-7,13H,5,8-9H2,1-3H3,(H,16,17). The van der Waals surface area contributed by atoms with Crippen molar-refractivity contribution < 1.29 is 4.79 Å². The van der Waals surface area contributed by atoms with E-state index in [2.05, 4.69) is 20.6 Å². The Balaban J connectivity index is 2.14. The number of amides is 1. The molecule has 0 saturated carbocycles. The van der Waals surface area contributed by atoms with Crippen LogP contribution in [0.3, 0.4) is 0 Å². The van der Waals surface area contributed by atoms with Gasteiger partial charge in [0.1, 0.15) is 5.82 Å². The lowest BCUT2D eigenvalue weighted by Crippen LogP contribution is -2.41. The maximum absolute atomic E-state index is 11.5. The fourth-order valence-electron chi connectivity index (χ4n) is 1.30. The van der Waals surface area contributed by atoms with Crippen molar-refractivity contribution in [1.29, 1.82) is 0 Å². The number of hydrogen-bond donors (Lipinski definition) is 2. The van der Waals surface area contributed by atoms with Gasteiger partial charge in [-0.25, -0.2) is 9.97 Å². The second kappa shape index (κ2) is 6.30. The number of nitrogens with one attached hydrogen (secondary N) is 2. The van der Waals surface area contributed by atoms with Gasteiger partial charge in [0.2, 0.25) is 5.91 Å². The molecular weight excluding hydrogens is 216 g/mol. The van der Waals surface area contributed by atoms with Gasteiger partial charge >= 0.3 is 0 Å². The van der Waals surface area contributed by atoms with Gasteiger partial charge < -0.3 is 10.6 Å². The summed E-state index contributed by atoms with van der Waals surface area (Å²) in [6.07, 6.45) is 3.87. The van der Waals surface area contributed by atoms with Crippen molar-refractivity contribution in [2.24, 2.45) is 0 Å². The Labute approximate surface area is 102 Å². The highest BCUT2D eigenvalue weighted by Gasteiger charge is 2.12. The van der Waals surface area contributed by atoms with Crippen LogP contribution in [0.15, 0.2) is 18.5 Å². The zero-order valence-electron chi connectivity index (χ0n) is 10.7. The molecular formula is C12H20N4O. The fourth-order valence-corrected chi connectivity index (χ4v) is 1.30. The molecule has 94 valence electrons. The van der Waals surface area contributed by atoms with Crippen molar-refractivity contribution >= 4 is 5.91 Å². The maximum Gasteiger partial charge on any atom is 0.221 e. The predicted octanol–water partition coefficient (Wildman–Crippen LogP) is 0.871. The van der Waals surface area contributed by atoms with Crippen LogP contribution in [-0.4, -0.2) is 28.0 Å². The Morgan fingerprint density at radius 1 is 1.29 bits per heavy atom. The van der Waals surface area contributed by atoms with Gasteiger partial charge in [0.15, 0.2) is 0 Å². The first-order valence-electron chi connectivity index (χ1n) is 5.75. The molecule has 5 nitrogen and oxygen atoms in total. The van der Waals surface area contributed by atoms with E-state index >= 15 is 0 Å². The molecule has 1 aromatic rings. The molecule has 0 atom stereocenters. The van der Waals surface area contributed by atoms with Gasteiger partial charge in [-0.2, -0.15) is 0 Å². The third kappa shape index (κ3) is 6.63. The molecule has 0 bridgehead atoms. The van der Waals surface area contributed by atoms with Crippen LogP contribution in [0.4, 0.5) is 0 Å². The lowest BCUT2D eigenvalue weighted by atomic mass is 10.1. The molecule has 1 rings (SSSR count). The third-order valence-corrected chi connectivity index (χ3v) is 1.95. The van der Waals surface area contributed by atoms with Crippen molar-refractivity contribution in [3.63, 3.8) is 0 Å². The molecule has 2 N–H and O–H groups in total. The topological polar surface area (TPSA) is 66.9 Å². The monoisotopic (exact) mass is 236 g/mol. The molecule has 0 aliphatic carbocycles. The molecule has 0 spiro atoms. The van der Waals surface area contributed by atoms with Crippen molar-refractivity contribution in [3.05, 3.63) is 24.3 Å². The first kappa shape index (κ1) is 13.6. The van der Waals surface area contributed by atoms with Gasteiger partial charge in [0, 0.05) is 30.9 Å². The zero-order chi connectivity index (χ0) is 12.7. The largest absolute Gasteiger partial charge is 0.351 e. The summed E-state index contributed by atoms with van der Waals surface area (Å²) in [6, 6.07) is 1.78. The SMILES string of the molecule is CC(C)(C)NC(=O)CCNCc1ncccn1. The van der Waals surface area contributed by atoms with Crippen LogP contribution in [0.5, 0.6) is 0 Å². The van der Waals surface area contributed by atoms with Crippen molar-refractivity contribution in [3.8, 4) is 0 Å². The minimum absolute atomic E-state index is 0.0546. The number of aromatic nitrogens is 2. The average molecular weight is 236 g/mol. The van der Waals surface area contributed by atoms with Crippen molar-refractivity contribution in [1.82, 2.24) is 20.6 Å². The van der Waals surface area contributed by atoms with E-state index in [4.69, 9.17) is 0 Å². The Bertz CT molecular complexity index is 345. The van der Waals surface area contributed by atoms with E-state index in [1.54, 1.807) is 18.5 Å². The Morgan fingerprint density at radius 3 is 2.53 bits per heavy atom. The van der Waals surface area contributed by atoms with E-state index < -0.39 is 0 Å².